The van der Waals surface area contributed by atoms with Gasteiger partial charge in [-0.2, -0.15) is 0 Å². The highest BCUT2D eigenvalue weighted by molar-refractivity contribution is 7.99. The van der Waals surface area contributed by atoms with Gasteiger partial charge in [0.05, 0.1) is 6.20 Å². The van der Waals surface area contributed by atoms with Crippen LogP contribution in [0.3, 0.4) is 0 Å². The van der Waals surface area contributed by atoms with Crippen LogP contribution < -0.4 is 45.2 Å². The van der Waals surface area contributed by atoms with E-state index < -0.39 is 17.5 Å². The monoisotopic (exact) mass is 612 g/mol. The summed E-state index contributed by atoms with van der Waals surface area (Å²) in [6.07, 6.45) is 1.98. The van der Waals surface area contributed by atoms with Crippen molar-refractivity contribution in [3.63, 3.8) is 0 Å². The summed E-state index contributed by atoms with van der Waals surface area (Å²) in [5, 5.41) is 10.3. The number of halogens is 1. The highest BCUT2D eigenvalue weighted by atomic mass is 35.7. The van der Waals surface area contributed by atoms with E-state index in [0.717, 1.165) is 27.0 Å². The number of anilines is 1. The molecule has 2 N–H and O–H groups in total. The molecule has 0 fully saturated rings. The molecule has 0 aliphatic heterocycles. The van der Waals surface area contributed by atoms with Crippen LogP contribution in [0.5, 0.6) is 0 Å². The molecule has 0 saturated carbocycles. The van der Waals surface area contributed by atoms with Crippen molar-refractivity contribution in [3.05, 3.63) is 168 Å². The van der Waals surface area contributed by atoms with E-state index in [1.54, 1.807) is 0 Å². The number of hydrogen-bond acceptors (Lipinski definition) is 6. The minimum atomic E-state index is -4.94. The smallest absolute Gasteiger partial charge is 0.258 e. The molecule has 0 aliphatic carbocycles. The van der Waals surface area contributed by atoms with Gasteiger partial charge >= 0.3 is 0 Å². The summed E-state index contributed by atoms with van der Waals surface area (Å²) in [6, 6.07) is 49.2. The van der Waals surface area contributed by atoms with Gasteiger partial charge in [0.15, 0.2) is 12.7 Å². The molecule has 0 aromatic heterocycles. The first-order valence-electron chi connectivity index (χ1n) is 13.3. The molecule has 0 saturated heterocycles. The molecular formula is C34H30ClN2O5P. The summed E-state index contributed by atoms with van der Waals surface area (Å²) >= 11 is 0. The van der Waals surface area contributed by atoms with Crippen molar-refractivity contribution in [2.75, 3.05) is 5.32 Å². The van der Waals surface area contributed by atoms with Gasteiger partial charge in [-0.15, -0.1) is 10.2 Å². The van der Waals surface area contributed by atoms with E-state index in [0.29, 0.717) is 5.56 Å². The number of benzene rings is 5. The summed E-state index contributed by atoms with van der Waals surface area (Å²) in [5.74, 6) is -0.144. The molecule has 218 valence electrons. The second kappa shape index (κ2) is 14.7. The van der Waals surface area contributed by atoms with E-state index in [1.165, 1.54) is 5.56 Å². The van der Waals surface area contributed by atoms with Crippen LogP contribution in [0.15, 0.2) is 157 Å². The Bertz CT molecular complexity index is 1510. The first-order valence-corrected chi connectivity index (χ1v) is 16.3. The predicted octanol–water partition coefficient (Wildman–Crippen LogP) is 1.87. The minimum absolute atomic E-state index is 0.144. The molecular weight excluding hydrogens is 583 g/mol. The molecule has 5 rings (SSSR count). The number of amides is 1. The van der Waals surface area contributed by atoms with Gasteiger partial charge < -0.3 is 5.32 Å². The molecule has 5 aromatic carbocycles. The molecule has 0 atom stereocenters. The number of carbonyl (C=O) groups is 1. The third-order valence-corrected chi connectivity index (χ3v) is 10.7. The van der Waals surface area contributed by atoms with E-state index in [1.807, 2.05) is 54.7 Å². The van der Waals surface area contributed by atoms with Gasteiger partial charge in [-0.25, -0.2) is 18.6 Å². The maximum Gasteiger partial charge on any atom is 0.258 e. The highest BCUT2D eigenvalue weighted by Crippen LogP contribution is 2.61. The van der Waals surface area contributed by atoms with Crippen LogP contribution in [-0.4, -0.2) is 5.91 Å². The van der Waals surface area contributed by atoms with Crippen LogP contribution in [0.1, 0.15) is 15.9 Å². The minimum Gasteiger partial charge on any atom is -0.357 e. The van der Waals surface area contributed by atoms with Crippen molar-refractivity contribution in [2.45, 2.75) is 6.92 Å². The van der Waals surface area contributed by atoms with E-state index in [-0.39, 0.29) is 5.91 Å². The molecule has 0 heterocycles. The molecule has 5 aromatic rings. The van der Waals surface area contributed by atoms with Crippen LogP contribution >= 0.6 is 7.26 Å². The van der Waals surface area contributed by atoms with Gasteiger partial charge in [0.1, 0.15) is 15.9 Å². The quantitative estimate of drug-likeness (QED) is 0.257. The van der Waals surface area contributed by atoms with Gasteiger partial charge in [0, 0.05) is 11.3 Å². The maximum atomic E-state index is 13.7. The SMILES string of the molecule is Cc1ccc(NC=C(NC(=O)c2ccccc2)[P+](c2ccccc2)(c2ccccc2)c2ccccc2)cc1.[O-][Cl+3]([O-])([O-])[O-]. The normalized spacial score (nSPS) is 11.6. The summed E-state index contributed by atoms with van der Waals surface area (Å²) in [7, 11) is -7.46. The van der Waals surface area contributed by atoms with Gasteiger partial charge in [0.2, 0.25) is 0 Å². The second-order valence-electron chi connectivity index (χ2n) is 9.42. The Kier molecular flexibility index (Phi) is 10.8. The van der Waals surface area contributed by atoms with Gasteiger partial charge in [-0.05, 0) is 67.6 Å². The van der Waals surface area contributed by atoms with Gasteiger partial charge in [-0.1, -0.05) is 90.5 Å². The van der Waals surface area contributed by atoms with Crippen molar-refractivity contribution in [2.24, 2.45) is 0 Å². The molecule has 0 unspecified atom stereocenters. The summed E-state index contributed by atoms with van der Waals surface area (Å²) in [4.78, 5) is 13.7. The Morgan fingerprint density at radius 1 is 0.605 bits per heavy atom. The van der Waals surface area contributed by atoms with Gasteiger partial charge in [-0.3, -0.25) is 10.1 Å². The molecule has 43 heavy (non-hydrogen) atoms. The van der Waals surface area contributed by atoms with Crippen molar-refractivity contribution in [1.82, 2.24) is 5.32 Å². The van der Waals surface area contributed by atoms with E-state index in [9.17, 15) is 4.79 Å². The number of hydrogen-bond donors (Lipinski definition) is 2. The van der Waals surface area contributed by atoms with Crippen LogP contribution in [0, 0.1) is 17.2 Å². The molecule has 0 radical (unpaired) electrons. The number of rotatable bonds is 8. The summed E-state index contributed by atoms with van der Waals surface area (Å²) in [5.41, 5.74) is 3.59. The van der Waals surface area contributed by atoms with Crippen molar-refractivity contribution < 1.29 is 33.7 Å². The molecule has 0 bridgehead atoms. The number of carbonyl (C=O) groups excluding carboxylic acids is 1. The lowest BCUT2D eigenvalue weighted by atomic mass is 10.2. The molecule has 0 spiro atoms. The zero-order valence-electron chi connectivity index (χ0n) is 23.3. The largest absolute Gasteiger partial charge is 0.357 e. The van der Waals surface area contributed by atoms with Crippen LogP contribution in [0.4, 0.5) is 5.69 Å². The lowest BCUT2D eigenvalue weighted by Crippen LogP contribution is -2.68. The molecule has 9 heteroatoms. The van der Waals surface area contributed by atoms with E-state index in [2.05, 4.69) is 115 Å². The third kappa shape index (κ3) is 8.60. The maximum absolute atomic E-state index is 13.7. The molecule has 0 aliphatic rings. The predicted molar refractivity (Wildman–Crippen MR) is 162 cm³/mol. The number of nitrogens with one attached hydrogen (secondary N) is 2. The number of aryl methyl sites for hydroxylation is 1. The first-order chi connectivity index (χ1) is 20.7. The fourth-order valence-corrected chi connectivity index (χ4v) is 8.73. The molecule has 1 amide bonds. The third-order valence-electron chi connectivity index (χ3n) is 6.50. The van der Waals surface area contributed by atoms with Crippen molar-refractivity contribution in [1.29, 1.82) is 0 Å². The average Bonchev–Trinajstić information content (AvgIpc) is 3.02. The molecule has 7 nitrogen and oxygen atoms in total. The standard InChI is InChI=1S/C34H29N2OP.ClHO4/c1-27-22-24-29(25-23-27)35-26-33(36-34(37)28-14-6-2-7-15-28)38(30-16-8-3-9-17-30,31-18-10-4-11-19-31)32-20-12-5-13-21-32;2-1(3,4)5/h2-26,35H,1H3;(H,2,3,4,5). The average molecular weight is 613 g/mol. The summed E-state index contributed by atoms with van der Waals surface area (Å²) in [6.45, 7) is 2.07. The topological polar surface area (TPSA) is 133 Å². The summed E-state index contributed by atoms with van der Waals surface area (Å²) < 4.78 is 34.0. The van der Waals surface area contributed by atoms with Crippen LogP contribution in [-0.2, 0) is 0 Å². The lowest BCUT2D eigenvalue weighted by molar-refractivity contribution is -2.00. The highest BCUT2D eigenvalue weighted by Gasteiger charge is 2.50. The zero-order chi connectivity index (χ0) is 30.7. The Morgan fingerprint density at radius 3 is 1.37 bits per heavy atom. The Balaban J connectivity index is 0.000000782. The van der Waals surface area contributed by atoms with Crippen LogP contribution in [0.25, 0.3) is 0 Å². The Labute approximate surface area is 253 Å². The lowest BCUT2D eigenvalue weighted by Gasteiger charge is -2.29. The Morgan fingerprint density at radius 2 is 0.977 bits per heavy atom. The van der Waals surface area contributed by atoms with Crippen molar-refractivity contribution in [3.8, 4) is 0 Å². The fraction of sp³-hybridized carbons (Fsp3) is 0.0294. The van der Waals surface area contributed by atoms with E-state index >= 15 is 0 Å². The van der Waals surface area contributed by atoms with Gasteiger partial charge in [0.25, 0.3) is 5.91 Å². The zero-order valence-corrected chi connectivity index (χ0v) is 25.0. The first kappa shape index (κ1) is 31.6. The second-order valence-corrected chi connectivity index (χ2v) is 13.5. The van der Waals surface area contributed by atoms with Crippen LogP contribution in [0.2, 0.25) is 0 Å². The van der Waals surface area contributed by atoms with E-state index in [4.69, 9.17) is 18.6 Å². The van der Waals surface area contributed by atoms with Crippen molar-refractivity contribution >= 4 is 34.8 Å². The fourth-order valence-electron chi connectivity index (χ4n) is 4.62. The Hall–Kier alpha value is -4.33.